The summed E-state index contributed by atoms with van der Waals surface area (Å²) < 4.78 is 14.8. The van der Waals surface area contributed by atoms with E-state index in [4.69, 9.17) is 19.4 Å². The van der Waals surface area contributed by atoms with Crippen LogP contribution < -0.4 is 0 Å². The number of ether oxygens (including phenoxy) is 3. The minimum atomic E-state index is -0.833. The van der Waals surface area contributed by atoms with Crippen LogP contribution in [0.5, 0.6) is 0 Å². The molecule has 0 aliphatic rings. The summed E-state index contributed by atoms with van der Waals surface area (Å²) in [4.78, 5) is 19.3. The zero-order valence-corrected chi connectivity index (χ0v) is 10.0. The Morgan fingerprint density at radius 2 is 1.44 bits per heavy atom. The van der Waals surface area contributed by atoms with Gasteiger partial charge in [0.25, 0.3) is 5.97 Å². The molecule has 16 heavy (non-hydrogen) atoms. The van der Waals surface area contributed by atoms with Crippen molar-refractivity contribution < 1.29 is 28.9 Å². The van der Waals surface area contributed by atoms with Crippen LogP contribution in [0, 0.1) is 0 Å². The number of hydrogen-bond acceptors (Lipinski definition) is 5. The zero-order chi connectivity index (χ0) is 12.8. The summed E-state index contributed by atoms with van der Waals surface area (Å²) in [5.74, 6) is -1.11. The molecular formula is C10H20O6. The van der Waals surface area contributed by atoms with E-state index in [1.165, 1.54) is 6.92 Å². The molecule has 0 radical (unpaired) electrons. The number of carbonyl (C=O) groups is 2. The molecule has 0 spiro atoms. The van der Waals surface area contributed by atoms with Crippen LogP contribution >= 0.6 is 0 Å². The lowest BCUT2D eigenvalue weighted by molar-refractivity contribution is -0.142. The Kier molecular flexibility index (Phi) is 15.0. The van der Waals surface area contributed by atoms with Crippen molar-refractivity contribution >= 4 is 11.9 Å². The highest BCUT2D eigenvalue weighted by molar-refractivity contribution is 5.65. The van der Waals surface area contributed by atoms with E-state index in [1.807, 2.05) is 6.92 Å². The van der Waals surface area contributed by atoms with E-state index >= 15 is 0 Å². The Bertz CT molecular complexity index is 176. The predicted molar refractivity (Wildman–Crippen MR) is 57.3 cm³/mol. The molecule has 0 saturated heterocycles. The molecule has 1 N–H and O–H groups in total. The van der Waals surface area contributed by atoms with Crippen molar-refractivity contribution in [3.05, 3.63) is 0 Å². The lowest BCUT2D eigenvalue weighted by Crippen LogP contribution is -2.10. The lowest BCUT2D eigenvalue weighted by atomic mass is 10.7. The van der Waals surface area contributed by atoms with Crippen LogP contribution in [-0.4, -0.2) is 50.1 Å². The summed E-state index contributed by atoms with van der Waals surface area (Å²) in [6.07, 6.45) is 0. The molecule has 0 rings (SSSR count). The van der Waals surface area contributed by atoms with Gasteiger partial charge in [-0.1, -0.05) is 0 Å². The topological polar surface area (TPSA) is 82.1 Å². The number of rotatable bonds is 7. The van der Waals surface area contributed by atoms with Crippen LogP contribution in [0.15, 0.2) is 0 Å². The van der Waals surface area contributed by atoms with Crippen molar-refractivity contribution in [3.63, 3.8) is 0 Å². The molecule has 6 nitrogen and oxygen atoms in total. The second-order valence-corrected chi connectivity index (χ2v) is 2.67. The molecule has 0 fully saturated rings. The molecule has 0 aromatic carbocycles. The number of hydrogen-bond donors (Lipinski definition) is 1. The zero-order valence-electron chi connectivity index (χ0n) is 10.0. The highest BCUT2D eigenvalue weighted by atomic mass is 16.6. The molecule has 6 heteroatoms. The molecular weight excluding hydrogens is 216 g/mol. The van der Waals surface area contributed by atoms with Gasteiger partial charge < -0.3 is 19.3 Å². The fraction of sp³-hybridized carbons (Fsp3) is 0.800. The van der Waals surface area contributed by atoms with E-state index in [1.54, 1.807) is 0 Å². The van der Waals surface area contributed by atoms with Crippen LogP contribution in [0.3, 0.4) is 0 Å². The van der Waals surface area contributed by atoms with Gasteiger partial charge in [-0.2, -0.15) is 0 Å². The highest BCUT2D eigenvalue weighted by Crippen LogP contribution is 1.80. The van der Waals surface area contributed by atoms with Gasteiger partial charge in [-0.25, -0.2) is 0 Å². The van der Waals surface area contributed by atoms with Crippen LogP contribution in [0.2, 0.25) is 0 Å². The summed E-state index contributed by atoms with van der Waals surface area (Å²) >= 11 is 0. The van der Waals surface area contributed by atoms with Crippen molar-refractivity contribution in [2.45, 2.75) is 20.8 Å². The first-order chi connectivity index (χ1) is 7.50. The molecule has 0 aliphatic carbocycles. The largest absolute Gasteiger partial charge is 0.481 e. The molecule has 0 amide bonds. The van der Waals surface area contributed by atoms with Crippen LogP contribution in [0.1, 0.15) is 20.8 Å². The Morgan fingerprint density at radius 3 is 1.88 bits per heavy atom. The van der Waals surface area contributed by atoms with Gasteiger partial charge >= 0.3 is 5.97 Å². The first-order valence-corrected chi connectivity index (χ1v) is 4.99. The minimum absolute atomic E-state index is 0.275. The summed E-state index contributed by atoms with van der Waals surface area (Å²) in [5.41, 5.74) is 0. The number of carboxylic acid groups (broad SMARTS) is 1. The van der Waals surface area contributed by atoms with E-state index in [-0.39, 0.29) is 5.97 Å². The molecule has 0 unspecified atom stereocenters. The second kappa shape index (κ2) is 13.9. The maximum Gasteiger partial charge on any atom is 0.302 e. The molecule has 0 bridgehead atoms. The molecule has 0 heterocycles. The minimum Gasteiger partial charge on any atom is -0.481 e. The quantitative estimate of drug-likeness (QED) is 0.517. The van der Waals surface area contributed by atoms with Crippen molar-refractivity contribution in [2.24, 2.45) is 0 Å². The van der Waals surface area contributed by atoms with Crippen molar-refractivity contribution in [1.29, 1.82) is 0 Å². The summed E-state index contributed by atoms with van der Waals surface area (Å²) in [7, 11) is 0. The Balaban J connectivity index is 0. The molecule has 96 valence electrons. The molecule has 0 aliphatic heterocycles. The number of carbonyl (C=O) groups excluding carboxylic acids is 1. The van der Waals surface area contributed by atoms with Gasteiger partial charge in [0.05, 0.1) is 19.8 Å². The average Bonchev–Trinajstić information content (AvgIpc) is 2.15. The Hall–Kier alpha value is -1.14. The second-order valence-electron chi connectivity index (χ2n) is 2.67. The molecule has 0 atom stereocenters. The van der Waals surface area contributed by atoms with Crippen molar-refractivity contribution in [1.82, 2.24) is 0 Å². The number of esters is 1. The van der Waals surface area contributed by atoms with E-state index in [0.29, 0.717) is 33.0 Å². The third-order valence-corrected chi connectivity index (χ3v) is 1.11. The van der Waals surface area contributed by atoms with Gasteiger partial charge in [-0.05, 0) is 6.92 Å². The normalized spacial score (nSPS) is 8.94. The van der Waals surface area contributed by atoms with E-state index in [9.17, 15) is 4.79 Å². The third kappa shape index (κ3) is 29.3. The standard InChI is InChI=1S/C8H16O4.C2H4O2/c1-3-10-4-5-11-6-7-12-8(2)9;1-2(3)4/h3-7H2,1-2H3;1H3,(H,3,4). The van der Waals surface area contributed by atoms with Gasteiger partial charge in [-0.3, -0.25) is 9.59 Å². The summed E-state index contributed by atoms with van der Waals surface area (Å²) in [6.45, 7) is 6.99. The maximum atomic E-state index is 10.3. The Morgan fingerprint density at radius 1 is 1.00 bits per heavy atom. The molecule has 0 aromatic rings. The van der Waals surface area contributed by atoms with Gasteiger partial charge in [-0.15, -0.1) is 0 Å². The van der Waals surface area contributed by atoms with Gasteiger partial charge in [0.15, 0.2) is 0 Å². The van der Waals surface area contributed by atoms with Crippen LogP contribution in [-0.2, 0) is 23.8 Å². The summed E-state index contributed by atoms with van der Waals surface area (Å²) in [6, 6.07) is 0. The fourth-order valence-corrected chi connectivity index (χ4v) is 0.609. The average molecular weight is 236 g/mol. The number of carboxylic acids is 1. The smallest absolute Gasteiger partial charge is 0.302 e. The van der Waals surface area contributed by atoms with Crippen molar-refractivity contribution in [3.8, 4) is 0 Å². The SMILES string of the molecule is CC(=O)O.CCOCCOCCOC(C)=O. The predicted octanol–water partition coefficient (Wildman–Crippen LogP) is 0.694. The molecule has 0 aromatic heterocycles. The lowest BCUT2D eigenvalue weighted by Gasteiger charge is -2.03. The van der Waals surface area contributed by atoms with Crippen molar-refractivity contribution in [2.75, 3.05) is 33.0 Å². The first kappa shape index (κ1) is 17.3. The molecule has 0 saturated carbocycles. The third-order valence-electron chi connectivity index (χ3n) is 1.11. The van der Waals surface area contributed by atoms with E-state index < -0.39 is 5.97 Å². The Labute approximate surface area is 95.5 Å². The highest BCUT2D eigenvalue weighted by Gasteiger charge is 1.92. The van der Waals surface area contributed by atoms with E-state index in [0.717, 1.165) is 6.92 Å². The fourth-order valence-electron chi connectivity index (χ4n) is 0.609. The van der Waals surface area contributed by atoms with Gasteiger partial charge in [0.2, 0.25) is 0 Å². The van der Waals surface area contributed by atoms with Crippen LogP contribution in [0.25, 0.3) is 0 Å². The first-order valence-electron chi connectivity index (χ1n) is 4.99. The maximum absolute atomic E-state index is 10.3. The number of aliphatic carboxylic acids is 1. The monoisotopic (exact) mass is 236 g/mol. The van der Waals surface area contributed by atoms with Gasteiger partial charge in [0.1, 0.15) is 6.61 Å². The summed E-state index contributed by atoms with van der Waals surface area (Å²) in [5, 5.41) is 7.42. The van der Waals surface area contributed by atoms with Gasteiger partial charge in [0, 0.05) is 20.5 Å². The van der Waals surface area contributed by atoms with E-state index in [2.05, 4.69) is 4.74 Å². The van der Waals surface area contributed by atoms with Crippen LogP contribution in [0.4, 0.5) is 0 Å².